The molecule has 3 aliphatic rings. The Morgan fingerprint density at radius 3 is 2.71 bits per heavy atom. The molecule has 1 amide bonds. The fourth-order valence-electron chi connectivity index (χ4n) is 6.84. The van der Waals surface area contributed by atoms with Gasteiger partial charge >= 0.3 is 6.01 Å². The van der Waals surface area contributed by atoms with E-state index in [1.807, 2.05) is 30.0 Å². The van der Waals surface area contributed by atoms with E-state index in [0.29, 0.717) is 51.4 Å². The van der Waals surface area contributed by atoms with Crippen molar-refractivity contribution in [3.8, 4) is 12.1 Å². The fraction of sp³-hybridized carbons (Fsp3) is 0.486. The van der Waals surface area contributed by atoms with E-state index in [-0.39, 0.29) is 18.4 Å². The summed E-state index contributed by atoms with van der Waals surface area (Å²) in [5.74, 6) is 0.836. The van der Waals surface area contributed by atoms with Crippen LogP contribution >= 0.6 is 0 Å². The average Bonchev–Trinajstić information content (AvgIpc) is 3.47. The Bertz CT molecular complexity index is 1580. The minimum Gasteiger partial charge on any atom is -0.462 e. The van der Waals surface area contributed by atoms with E-state index in [4.69, 9.17) is 14.7 Å². The lowest BCUT2D eigenvalue weighted by atomic mass is 10.0. The molecular weight excluding hydrogens is 564 g/mol. The van der Waals surface area contributed by atoms with Crippen LogP contribution in [-0.2, 0) is 17.8 Å². The number of hydrogen-bond acceptors (Lipinski definition) is 9. The SMILES string of the molecule is CN(C)C/C=C/C(=O)N1CCN(c2nc(OCC3CCCN3C)nc3c2CCN(c2cccc4ccccc24)C3)CC1CC#N. The van der Waals surface area contributed by atoms with Crippen molar-refractivity contribution in [2.45, 2.75) is 44.3 Å². The van der Waals surface area contributed by atoms with Crippen molar-refractivity contribution >= 4 is 28.2 Å². The van der Waals surface area contributed by atoms with Crippen molar-refractivity contribution in [1.29, 1.82) is 5.26 Å². The Labute approximate surface area is 266 Å². The number of likely N-dealkylation sites (tertiary alicyclic amines) is 1. The number of carbonyl (C=O) groups is 1. The zero-order valence-electron chi connectivity index (χ0n) is 26.7. The standard InChI is InChI=1S/C35H44N8O2/c1-39(2)18-8-14-33(44)43-22-21-42(23-27(43)15-17-36)34-30-16-20-41(32-13-6-10-26-9-4-5-12-29(26)32)24-31(30)37-35(38-34)45-25-28-11-7-19-40(28)3/h4-6,8-10,12-14,27-28H,7,11,15-16,18-25H2,1-3H3/b14-8+. The number of benzene rings is 2. The van der Waals surface area contributed by atoms with E-state index in [9.17, 15) is 10.1 Å². The number of nitrogens with zero attached hydrogens (tertiary/aromatic N) is 8. The highest BCUT2D eigenvalue weighted by atomic mass is 16.5. The van der Waals surface area contributed by atoms with Crippen LogP contribution in [0.5, 0.6) is 6.01 Å². The summed E-state index contributed by atoms with van der Waals surface area (Å²) >= 11 is 0. The molecular formula is C35H44N8O2. The molecule has 2 unspecified atom stereocenters. The maximum absolute atomic E-state index is 13.1. The predicted molar refractivity (Wildman–Crippen MR) is 178 cm³/mol. The molecule has 3 aliphatic heterocycles. The lowest BCUT2D eigenvalue weighted by molar-refractivity contribution is -0.128. The summed E-state index contributed by atoms with van der Waals surface area (Å²) in [6, 6.07) is 17.8. The van der Waals surface area contributed by atoms with E-state index in [0.717, 1.165) is 43.0 Å². The van der Waals surface area contributed by atoms with Crippen LogP contribution in [-0.4, -0.2) is 110 Å². The molecule has 1 aromatic heterocycles. The third-order valence-electron chi connectivity index (χ3n) is 9.33. The van der Waals surface area contributed by atoms with Crippen LogP contribution in [0.25, 0.3) is 10.8 Å². The van der Waals surface area contributed by atoms with Gasteiger partial charge in [0, 0.05) is 61.5 Å². The number of amides is 1. The molecule has 10 heteroatoms. The Morgan fingerprint density at radius 1 is 1.07 bits per heavy atom. The highest BCUT2D eigenvalue weighted by molar-refractivity contribution is 5.94. The molecule has 6 rings (SSSR count). The normalized spacial score (nSPS) is 20.6. The number of rotatable bonds is 9. The second kappa shape index (κ2) is 13.8. The van der Waals surface area contributed by atoms with Crippen molar-refractivity contribution in [1.82, 2.24) is 24.7 Å². The van der Waals surface area contributed by atoms with E-state index in [2.05, 4.69) is 70.3 Å². The zero-order chi connectivity index (χ0) is 31.3. The van der Waals surface area contributed by atoms with E-state index in [1.54, 1.807) is 6.08 Å². The largest absolute Gasteiger partial charge is 0.462 e. The molecule has 0 aliphatic carbocycles. The average molecular weight is 609 g/mol. The summed E-state index contributed by atoms with van der Waals surface area (Å²) < 4.78 is 6.33. The van der Waals surface area contributed by atoms with Gasteiger partial charge in [0.05, 0.1) is 30.8 Å². The topological polar surface area (TPSA) is 92.1 Å². The van der Waals surface area contributed by atoms with Gasteiger partial charge in [-0.25, -0.2) is 0 Å². The van der Waals surface area contributed by atoms with Crippen LogP contribution in [0.3, 0.4) is 0 Å². The minimum atomic E-state index is -0.224. The molecule has 2 fully saturated rings. The molecule has 3 aromatic rings. The van der Waals surface area contributed by atoms with Crippen LogP contribution in [0.4, 0.5) is 11.5 Å². The summed E-state index contributed by atoms with van der Waals surface area (Å²) in [5, 5.41) is 12.1. The zero-order valence-corrected chi connectivity index (χ0v) is 26.7. The van der Waals surface area contributed by atoms with Crippen LogP contribution in [0, 0.1) is 11.3 Å². The summed E-state index contributed by atoms with van der Waals surface area (Å²) in [6.45, 7) is 5.55. The van der Waals surface area contributed by atoms with Gasteiger partial charge in [-0.05, 0) is 58.4 Å². The Kier molecular flexibility index (Phi) is 9.47. The number of ether oxygens (including phenoxy) is 1. The summed E-state index contributed by atoms with van der Waals surface area (Å²) in [7, 11) is 6.09. The number of fused-ring (bicyclic) bond motifs is 2. The predicted octanol–water partition coefficient (Wildman–Crippen LogP) is 3.71. The lowest BCUT2D eigenvalue weighted by Crippen LogP contribution is -2.55. The molecule has 236 valence electrons. The molecule has 2 aromatic carbocycles. The van der Waals surface area contributed by atoms with Crippen molar-refractivity contribution in [2.24, 2.45) is 0 Å². The summed E-state index contributed by atoms with van der Waals surface area (Å²) in [4.78, 5) is 34.0. The number of piperazine rings is 1. The Balaban J connectivity index is 1.29. The van der Waals surface area contributed by atoms with Gasteiger partial charge in [-0.15, -0.1) is 0 Å². The van der Waals surface area contributed by atoms with Gasteiger partial charge in [0.25, 0.3) is 0 Å². The summed E-state index contributed by atoms with van der Waals surface area (Å²) in [5.41, 5.74) is 3.33. The smallest absolute Gasteiger partial charge is 0.318 e. The summed E-state index contributed by atoms with van der Waals surface area (Å²) in [6.07, 6.45) is 6.87. The molecule has 0 bridgehead atoms. The first-order chi connectivity index (χ1) is 21.9. The third kappa shape index (κ3) is 6.90. The second-order valence-corrected chi connectivity index (χ2v) is 12.7. The van der Waals surface area contributed by atoms with E-state index in [1.165, 1.54) is 22.9 Å². The number of aromatic nitrogens is 2. The van der Waals surface area contributed by atoms with Crippen LogP contribution < -0.4 is 14.5 Å². The third-order valence-corrected chi connectivity index (χ3v) is 9.33. The Hall–Kier alpha value is -4.20. The lowest BCUT2D eigenvalue weighted by Gasteiger charge is -2.42. The molecule has 45 heavy (non-hydrogen) atoms. The van der Waals surface area contributed by atoms with Crippen molar-refractivity contribution in [3.63, 3.8) is 0 Å². The van der Waals surface area contributed by atoms with Crippen molar-refractivity contribution in [3.05, 3.63) is 65.9 Å². The number of carbonyl (C=O) groups excluding carboxylic acids is 1. The molecule has 0 radical (unpaired) electrons. The van der Waals surface area contributed by atoms with Gasteiger partial charge in [-0.1, -0.05) is 42.5 Å². The van der Waals surface area contributed by atoms with Crippen molar-refractivity contribution < 1.29 is 9.53 Å². The first-order valence-corrected chi connectivity index (χ1v) is 16.1. The van der Waals surface area contributed by atoms with Crippen LogP contribution in [0.2, 0.25) is 0 Å². The molecule has 2 atom stereocenters. The van der Waals surface area contributed by atoms with Gasteiger partial charge in [-0.2, -0.15) is 15.2 Å². The Morgan fingerprint density at radius 2 is 1.91 bits per heavy atom. The van der Waals surface area contributed by atoms with Gasteiger partial charge in [0.1, 0.15) is 12.4 Å². The van der Waals surface area contributed by atoms with Crippen LogP contribution in [0.1, 0.15) is 30.5 Å². The first kappa shape index (κ1) is 30.8. The minimum absolute atomic E-state index is 0.0445. The number of nitriles is 1. The van der Waals surface area contributed by atoms with Gasteiger partial charge < -0.3 is 29.2 Å². The first-order valence-electron chi connectivity index (χ1n) is 16.1. The fourth-order valence-corrected chi connectivity index (χ4v) is 6.84. The monoisotopic (exact) mass is 608 g/mol. The number of likely N-dealkylation sites (N-methyl/N-ethyl adjacent to an activating group) is 2. The maximum atomic E-state index is 13.1. The second-order valence-electron chi connectivity index (χ2n) is 12.7. The highest BCUT2D eigenvalue weighted by Gasteiger charge is 2.34. The van der Waals surface area contributed by atoms with E-state index < -0.39 is 0 Å². The molecule has 0 spiro atoms. The molecule has 0 N–H and O–H groups in total. The number of anilines is 2. The molecule has 10 nitrogen and oxygen atoms in total. The molecule has 0 saturated carbocycles. The van der Waals surface area contributed by atoms with Crippen molar-refractivity contribution in [2.75, 3.05) is 76.8 Å². The highest BCUT2D eigenvalue weighted by Crippen LogP contribution is 2.35. The van der Waals surface area contributed by atoms with Crippen LogP contribution in [0.15, 0.2) is 54.6 Å². The van der Waals surface area contributed by atoms with Gasteiger partial charge in [0.15, 0.2) is 0 Å². The maximum Gasteiger partial charge on any atom is 0.318 e. The van der Waals surface area contributed by atoms with Gasteiger partial charge in [-0.3, -0.25) is 4.79 Å². The quantitative estimate of drug-likeness (QED) is 0.337. The number of hydrogen-bond donors (Lipinski definition) is 0. The molecule has 2 saturated heterocycles. The van der Waals surface area contributed by atoms with Gasteiger partial charge in [0.2, 0.25) is 5.91 Å². The molecule has 4 heterocycles. The van der Waals surface area contributed by atoms with E-state index >= 15 is 0 Å².